The molecule has 0 radical (unpaired) electrons. The molecule has 0 bridgehead atoms. The Hall–Kier alpha value is -4.32. The lowest BCUT2D eigenvalue weighted by atomic mass is 10.1. The van der Waals surface area contributed by atoms with E-state index in [0.29, 0.717) is 36.0 Å². The molecule has 1 aliphatic rings. The summed E-state index contributed by atoms with van der Waals surface area (Å²) < 4.78 is 18.9. The van der Waals surface area contributed by atoms with Crippen molar-refractivity contribution in [3.63, 3.8) is 0 Å². The minimum absolute atomic E-state index is 0.0169. The summed E-state index contributed by atoms with van der Waals surface area (Å²) in [7, 11) is 1.20. The van der Waals surface area contributed by atoms with Crippen LogP contribution in [-0.2, 0) is 11.3 Å². The number of ketones is 1. The van der Waals surface area contributed by atoms with Crippen molar-refractivity contribution in [2.45, 2.75) is 20.4 Å². The second-order valence-electron chi connectivity index (χ2n) is 7.55. The number of hydrogen-bond acceptors (Lipinski definition) is 7. The summed E-state index contributed by atoms with van der Waals surface area (Å²) in [5.74, 6) is 0.264. The SMILES string of the molecule is COC(=O)c1cc(C#N)c(=O)n(CC(=O)c2cc(C)n(-c3ccc4c(c3)OCCO4)c2C)c1. The molecule has 0 N–H and O–H groups in total. The number of ether oxygens (including phenoxy) is 3. The van der Waals surface area contributed by atoms with Gasteiger partial charge in [0.15, 0.2) is 17.3 Å². The summed E-state index contributed by atoms with van der Waals surface area (Å²) in [5, 5.41) is 9.24. The molecule has 3 heterocycles. The monoisotopic (exact) mass is 447 g/mol. The van der Waals surface area contributed by atoms with Crippen LogP contribution in [0.4, 0.5) is 0 Å². The van der Waals surface area contributed by atoms with Gasteiger partial charge in [0.2, 0.25) is 0 Å². The zero-order chi connectivity index (χ0) is 23.7. The van der Waals surface area contributed by atoms with E-state index in [0.717, 1.165) is 22.0 Å². The third-order valence-electron chi connectivity index (χ3n) is 5.46. The highest BCUT2D eigenvalue weighted by molar-refractivity contribution is 5.97. The third kappa shape index (κ3) is 3.99. The molecule has 0 amide bonds. The molecule has 0 fully saturated rings. The van der Waals surface area contributed by atoms with Crippen LogP contribution in [0, 0.1) is 25.2 Å². The number of nitrogens with zero attached hydrogens (tertiary/aromatic N) is 3. The molecular formula is C24H21N3O6. The summed E-state index contributed by atoms with van der Waals surface area (Å²) in [6.45, 7) is 4.32. The number of carbonyl (C=O) groups excluding carboxylic acids is 2. The molecule has 3 aromatic rings. The molecule has 2 aromatic heterocycles. The molecule has 0 aliphatic carbocycles. The van der Waals surface area contributed by atoms with Crippen molar-refractivity contribution in [3.8, 4) is 23.3 Å². The van der Waals surface area contributed by atoms with E-state index in [1.807, 2.05) is 36.6 Å². The first-order valence-electron chi connectivity index (χ1n) is 10.2. The molecule has 9 nitrogen and oxygen atoms in total. The first-order chi connectivity index (χ1) is 15.8. The van der Waals surface area contributed by atoms with Crippen LogP contribution in [0.1, 0.15) is 37.7 Å². The van der Waals surface area contributed by atoms with E-state index in [1.165, 1.54) is 13.3 Å². The highest BCUT2D eigenvalue weighted by Crippen LogP contribution is 2.33. The molecule has 0 spiro atoms. The van der Waals surface area contributed by atoms with Gasteiger partial charge in [-0.25, -0.2) is 4.79 Å². The van der Waals surface area contributed by atoms with Crippen LogP contribution >= 0.6 is 0 Å². The normalized spacial score (nSPS) is 12.2. The van der Waals surface area contributed by atoms with Crippen molar-refractivity contribution in [2.75, 3.05) is 20.3 Å². The lowest BCUT2D eigenvalue weighted by Gasteiger charge is -2.20. The van der Waals surface area contributed by atoms with Gasteiger partial charge >= 0.3 is 5.97 Å². The predicted octanol–water partition coefficient (Wildman–Crippen LogP) is 2.57. The fourth-order valence-corrected chi connectivity index (χ4v) is 3.92. The Morgan fingerprint density at radius 1 is 1.12 bits per heavy atom. The quantitative estimate of drug-likeness (QED) is 0.436. The molecule has 33 heavy (non-hydrogen) atoms. The summed E-state index contributed by atoms with van der Waals surface area (Å²) >= 11 is 0. The minimum atomic E-state index is -0.704. The van der Waals surface area contributed by atoms with Gasteiger partial charge in [-0.3, -0.25) is 9.59 Å². The lowest BCUT2D eigenvalue weighted by Crippen LogP contribution is -2.27. The van der Waals surface area contributed by atoms with Gasteiger partial charge in [0, 0.05) is 34.9 Å². The molecule has 0 saturated heterocycles. The largest absolute Gasteiger partial charge is 0.486 e. The minimum Gasteiger partial charge on any atom is -0.486 e. The smallest absolute Gasteiger partial charge is 0.339 e. The Morgan fingerprint density at radius 3 is 2.55 bits per heavy atom. The summed E-state index contributed by atoms with van der Waals surface area (Å²) in [6, 6.07) is 10.2. The number of aromatic nitrogens is 2. The number of methoxy groups -OCH3 is 1. The van der Waals surface area contributed by atoms with E-state index in [1.54, 1.807) is 12.1 Å². The van der Waals surface area contributed by atoms with Crippen LogP contribution in [0.5, 0.6) is 11.5 Å². The van der Waals surface area contributed by atoms with Crippen molar-refractivity contribution in [2.24, 2.45) is 0 Å². The summed E-state index contributed by atoms with van der Waals surface area (Å²) in [6.07, 6.45) is 1.23. The van der Waals surface area contributed by atoms with Crippen LogP contribution in [0.2, 0.25) is 0 Å². The first-order valence-corrected chi connectivity index (χ1v) is 10.2. The Labute approximate surface area is 189 Å². The van der Waals surface area contributed by atoms with Gasteiger partial charge in [0.25, 0.3) is 5.56 Å². The highest BCUT2D eigenvalue weighted by atomic mass is 16.6. The molecule has 0 atom stereocenters. The predicted molar refractivity (Wildman–Crippen MR) is 117 cm³/mol. The topological polar surface area (TPSA) is 113 Å². The average molecular weight is 447 g/mol. The number of nitriles is 1. The number of rotatable bonds is 5. The van der Waals surface area contributed by atoms with Crippen LogP contribution in [0.25, 0.3) is 5.69 Å². The van der Waals surface area contributed by atoms with Gasteiger partial charge in [-0.15, -0.1) is 0 Å². The number of esters is 1. The zero-order valence-corrected chi connectivity index (χ0v) is 18.4. The Morgan fingerprint density at radius 2 is 1.85 bits per heavy atom. The fraction of sp³-hybridized carbons (Fsp3) is 0.250. The van der Waals surface area contributed by atoms with Gasteiger partial charge in [0.1, 0.15) is 24.8 Å². The Bertz CT molecular complexity index is 1380. The fourth-order valence-electron chi connectivity index (χ4n) is 3.92. The van der Waals surface area contributed by atoms with Crippen LogP contribution in [0.3, 0.4) is 0 Å². The summed E-state index contributed by atoms with van der Waals surface area (Å²) in [4.78, 5) is 37.6. The van der Waals surface area contributed by atoms with Crippen molar-refractivity contribution < 1.29 is 23.8 Å². The maximum Gasteiger partial charge on any atom is 0.339 e. The zero-order valence-electron chi connectivity index (χ0n) is 18.4. The van der Waals surface area contributed by atoms with Crippen molar-refractivity contribution in [1.29, 1.82) is 5.26 Å². The number of Topliss-reactive ketones (excluding diaryl/α,β-unsaturated/α-hetero) is 1. The number of carbonyl (C=O) groups is 2. The van der Waals surface area contributed by atoms with Gasteiger partial charge in [-0.05, 0) is 38.1 Å². The van der Waals surface area contributed by atoms with Gasteiger partial charge in [-0.2, -0.15) is 5.26 Å². The molecular weight excluding hydrogens is 426 g/mol. The second-order valence-corrected chi connectivity index (χ2v) is 7.55. The summed E-state index contributed by atoms with van der Waals surface area (Å²) in [5.41, 5.74) is 1.86. The molecule has 168 valence electrons. The van der Waals surface area contributed by atoms with Crippen molar-refractivity contribution in [1.82, 2.24) is 9.13 Å². The number of hydrogen-bond donors (Lipinski definition) is 0. The van der Waals surface area contributed by atoms with E-state index in [-0.39, 0.29) is 23.5 Å². The number of aryl methyl sites for hydroxylation is 1. The molecule has 0 unspecified atom stereocenters. The van der Waals surface area contributed by atoms with Crippen LogP contribution < -0.4 is 15.0 Å². The number of pyridine rings is 1. The van der Waals surface area contributed by atoms with E-state index >= 15 is 0 Å². The lowest BCUT2D eigenvalue weighted by molar-refractivity contribution is 0.0599. The van der Waals surface area contributed by atoms with E-state index < -0.39 is 11.5 Å². The van der Waals surface area contributed by atoms with Gasteiger partial charge in [-0.1, -0.05) is 0 Å². The maximum atomic E-state index is 13.2. The second kappa shape index (κ2) is 8.67. The van der Waals surface area contributed by atoms with Crippen LogP contribution in [-0.4, -0.2) is 41.2 Å². The van der Waals surface area contributed by atoms with Gasteiger partial charge in [0.05, 0.1) is 19.2 Å². The molecule has 9 heteroatoms. The molecule has 0 saturated carbocycles. The van der Waals surface area contributed by atoms with E-state index in [2.05, 4.69) is 4.74 Å². The van der Waals surface area contributed by atoms with Crippen molar-refractivity contribution in [3.05, 3.63) is 75.0 Å². The standard InChI is InChI=1S/C24H21N3O6/c1-14-8-19(15(2)27(14)18-4-5-21-22(10-18)33-7-6-32-21)20(28)13-26-12-17(24(30)31-3)9-16(11-25)23(26)29/h4-5,8-10,12H,6-7,13H2,1-3H3. The average Bonchev–Trinajstić information content (AvgIpc) is 3.13. The third-order valence-corrected chi connectivity index (χ3v) is 5.46. The van der Waals surface area contributed by atoms with Crippen LogP contribution in [0.15, 0.2) is 41.3 Å². The number of fused-ring (bicyclic) bond motifs is 1. The first kappa shape index (κ1) is 21.9. The number of benzene rings is 1. The van der Waals surface area contributed by atoms with E-state index in [9.17, 15) is 19.6 Å². The van der Waals surface area contributed by atoms with E-state index in [4.69, 9.17) is 9.47 Å². The van der Waals surface area contributed by atoms with Crippen molar-refractivity contribution >= 4 is 11.8 Å². The molecule has 4 rings (SSSR count). The Balaban J connectivity index is 1.70. The van der Waals surface area contributed by atoms with Gasteiger partial charge < -0.3 is 23.3 Å². The Kier molecular flexibility index (Phi) is 5.75. The molecule has 1 aromatic carbocycles. The maximum absolute atomic E-state index is 13.2. The molecule has 1 aliphatic heterocycles. The highest BCUT2D eigenvalue weighted by Gasteiger charge is 2.21.